The molecule has 1 saturated heterocycles. The lowest BCUT2D eigenvalue weighted by molar-refractivity contribution is 0.0182. The predicted molar refractivity (Wildman–Crippen MR) is 75.0 cm³/mol. The minimum Gasteiger partial charge on any atom is -0.478 e. The minimum absolute atomic E-state index is 0.0921. The maximum atomic E-state index is 13.1. The molecule has 0 amide bonds. The van der Waals surface area contributed by atoms with Crippen LogP contribution in [-0.2, 0) is 16.8 Å². The van der Waals surface area contributed by atoms with Crippen molar-refractivity contribution >= 4 is 16.2 Å². The number of halogens is 2. The summed E-state index contributed by atoms with van der Waals surface area (Å²) in [5, 5.41) is 8.92. The first-order chi connectivity index (χ1) is 10.1. The first-order valence-corrected chi connectivity index (χ1v) is 8.00. The molecular weight excluding hydrogens is 318 g/mol. The van der Waals surface area contributed by atoms with Crippen LogP contribution in [0.25, 0.3) is 0 Å². The Hall–Kier alpha value is -1.58. The number of hydrogen-bond donors (Lipinski definition) is 2. The van der Waals surface area contributed by atoms with E-state index in [0.717, 1.165) is 0 Å². The van der Waals surface area contributed by atoms with Crippen LogP contribution in [0.5, 0.6) is 0 Å². The van der Waals surface area contributed by atoms with Crippen molar-refractivity contribution in [1.82, 2.24) is 9.03 Å². The molecule has 2 N–H and O–H groups in total. The molecule has 0 saturated carbocycles. The fourth-order valence-corrected chi connectivity index (χ4v) is 3.47. The van der Waals surface area contributed by atoms with E-state index in [1.54, 1.807) is 13.0 Å². The van der Waals surface area contributed by atoms with E-state index in [4.69, 9.17) is 5.11 Å². The summed E-state index contributed by atoms with van der Waals surface area (Å²) in [4.78, 5) is 10.9. The zero-order valence-electron chi connectivity index (χ0n) is 11.8. The Morgan fingerprint density at radius 2 is 2.14 bits per heavy atom. The number of rotatable bonds is 5. The predicted octanol–water partition coefficient (Wildman–Crippen LogP) is 1.37. The zero-order chi connectivity index (χ0) is 16.5. The third-order valence-corrected chi connectivity index (χ3v) is 4.96. The van der Waals surface area contributed by atoms with Gasteiger partial charge < -0.3 is 5.11 Å². The Balaban J connectivity index is 2.04. The van der Waals surface area contributed by atoms with Crippen molar-refractivity contribution in [2.75, 3.05) is 13.1 Å². The minimum atomic E-state index is -3.98. The molecule has 0 bridgehead atoms. The molecule has 0 atom stereocenters. The molecule has 6 nitrogen and oxygen atoms in total. The summed E-state index contributed by atoms with van der Waals surface area (Å²) in [5.41, 5.74) is 1.18. The number of carboxylic acids is 1. The second kappa shape index (κ2) is 5.90. The van der Waals surface area contributed by atoms with Gasteiger partial charge in [-0.15, -0.1) is 0 Å². The van der Waals surface area contributed by atoms with Gasteiger partial charge in [0.1, 0.15) is 0 Å². The highest BCUT2D eigenvalue weighted by molar-refractivity contribution is 7.87. The molecule has 1 fully saturated rings. The molecule has 0 aromatic heterocycles. The van der Waals surface area contributed by atoms with Crippen molar-refractivity contribution in [3.63, 3.8) is 0 Å². The summed E-state index contributed by atoms with van der Waals surface area (Å²) in [6, 6.07) is 4.41. The van der Waals surface area contributed by atoms with Crippen molar-refractivity contribution < 1.29 is 27.1 Å². The van der Waals surface area contributed by atoms with Crippen LogP contribution in [0.1, 0.15) is 27.9 Å². The molecule has 1 aliphatic rings. The molecule has 9 heteroatoms. The van der Waals surface area contributed by atoms with Crippen molar-refractivity contribution in [2.45, 2.75) is 25.8 Å². The summed E-state index contributed by atoms with van der Waals surface area (Å²) in [6.45, 7) is 0.465. The molecular formula is C13H16F2N2O4S. The van der Waals surface area contributed by atoms with Crippen LogP contribution in [0, 0.1) is 6.92 Å². The summed E-state index contributed by atoms with van der Waals surface area (Å²) < 4.78 is 53.0. The Labute approximate surface area is 126 Å². The van der Waals surface area contributed by atoms with Gasteiger partial charge in [-0.2, -0.15) is 17.4 Å². The molecule has 122 valence electrons. The van der Waals surface area contributed by atoms with Gasteiger partial charge in [0, 0.05) is 19.5 Å². The summed E-state index contributed by atoms with van der Waals surface area (Å²) >= 11 is 0. The second-order valence-electron chi connectivity index (χ2n) is 5.22. The maximum Gasteiger partial charge on any atom is 0.335 e. The van der Waals surface area contributed by atoms with Crippen LogP contribution in [0.4, 0.5) is 8.78 Å². The number of nitrogens with zero attached hydrogens (tertiary/aromatic N) is 1. The third-order valence-electron chi connectivity index (χ3n) is 3.45. The number of benzene rings is 1. The first kappa shape index (κ1) is 16.8. The van der Waals surface area contributed by atoms with Crippen molar-refractivity contribution in [2.24, 2.45) is 0 Å². The largest absolute Gasteiger partial charge is 0.478 e. The van der Waals surface area contributed by atoms with Gasteiger partial charge in [-0.05, 0) is 24.1 Å². The molecule has 1 heterocycles. The molecule has 1 aliphatic heterocycles. The molecule has 0 unspecified atom stereocenters. The monoisotopic (exact) mass is 334 g/mol. The van der Waals surface area contributed by atoms with Crippen molar-refractivity contribution in [3.8, 4) is 0 Å². The van der Waals surface area contributed by atoms with Gasteiger partial charge in [0.05, 0.1) is 12.1 Å². The quantitative estimate of drug-likeness (QED) is 0.851. The highest BCUT2D eigenvalue weighted by atomic mass is 32.2. The normalized spacial score (nSPS) is 18.5. The van der Waals surface area contributed by atoms with Crippen LogP contribution in [-0.4, -0.2) is 42.8 Å². The van der Waals surface area contributed by atoms with Crippen LogP contribution >= 0.6 is 0 Å². The molecule has 2 rings (SSSR count). The fourth-order valence-electron chi connectivity index (χ4n) is 2.25. The van der Waals surface area contributed by atoms with E-state index in [1.807, 2.05) is 0 Å². The smallest absolute Gasteiger partial charge is 0.335 e. The zero-order valence-corrected chi connectivity index (χ0v) is 12.7. The van der Waals surface area contributed by atoms with E-state index in [1.165, 1.54) is 12.1 Å². The average Bonchev–Trinajstić information content (AvgIpc) is 2.77. The first-order valence-electron chi connectivity index (χ1n) is 6.56. The topological polar surface area (TPSA) is 86.7 Å². The van der Waals surface area contributed by atoms with Crippen molar-refractivity contribution in [3.05, 3.63) is 34.9 Å². The highest BCUT2D eigenvalue weighted by Gasteiger charge is 2.43. The number of alkyl halides is 2. The number of carbonyl (C=O) groups is 1. The van der Waals surface area contributed by atoms with Crippen molar-refractivity contribution in [1.29, 1.82) is 0 Å². The maximum absolute atomic E-state index is 13.1. The van der Waals surface area contributed by atoms with Crippen LogP contribution in [0.2, 0.25) is 0 Å². The van der Waals surface area contributed by atoms with Crippen LogP contribution < -0.4 is 4.72 Å². The molecule has 1 aromatic carbocycles. The van der Waals surface area contributed by atoms with Crippen LogP contribution in [0.3, 0.4) is 0 Å². The van der Waals surface area contributed by atoms with Gasteiger partial charge in [0.25, 0.3) is 16.1 Å². The summed E-state index contributed by atoms with van der Waals surface area (Å²) in [7, 11) is -3.98. The SMILES string of the molecule is Cc1cc(CNS(=O)(=O)N2CCC(F)(F)C2)ccc1C(=O)O. The molecule has 0 aliphatic carbocycles. The number of aromatic carboxylic acids is 1. The Morgan fingerprint density at radius 1 is 1.45 bits per heavy atom. The van der Waals surface area contributed by atoms with E-state index < -0.39 is 35.1 Å². The van der Waals surface area contributed by atoms with Gasteiger partial charge in [-0.25, -0.2) is 13.6 Å². The third kappa shape index (κ3) is 3.79. The summed E-state index contributed by atoms with van der Waals surface area (Å²) in [6.07, 6.45) is -0.486. The number of nitrogens with one attached hydrogen (secondary N) is 1. The molecule has 1 aromatic rings. The highest BCUT2D eigenvalue weighted by Crippen LogP contribution is 2.28. The second-order valence-corrected chi connectivity index (χ2v) is 6.98. The van der Waals surface area contributed by atoms with Gasteiger partial charge in [0.15, 0.2) is 0 Å². The Morgan fingerprint density at radius 3 is 2.64 bits per heavy atom. The summed E-state index contributed by atoms with van der Waals surface area (Å²) in [5.74, 6) is -4.06. The standard InChI is InChI=1S/C13H16F2N2O4S/c1-9-6-10(2-3-11(9)12(18)19)7-16-22(20,21)17-5-4-13(14,15)8-17/h2-3,6,16H,4-5,7-8H2,1H3,(H,18,19). The van der Waals surface area contributed by atoms with E-state index >= 15 is 0 Å². The van der Waals surface area contributed by atoms with Gasteiger partial charge >= 0.3 is 5.97 Å². The molecule has 22 heavy (non-hydrogen) atoms. The van der Waals surface area contributed by atoms with E-state index in [9.17, 15) is 22.0 Å². The number of carboxylic acid groups (broad SMARTS) is 1. The van der Waals surface area contributed by atoms with E-state index in [0.29, 0.717) is 15.4 Å². The Bertz CT molecular complexity index is 691. The lowest BCUT2D eigenvalue weighted by atomic mass is 10.1. The van der Waals surface area contributed by atoms with E-state index in [-0.39, 0.29) is 18.7 Å². The average molecular weight is 334 g/mol. The number of aryl methyl sites for hydroxylation is 1. The molecule has 0 spiro atoms. The Kier molecular flexibility index (Phi) is 4.50. The van der Waals surface area contributed by atoms with E-state index in [2.05, 4.69) is 4.72 Å². The van der Waals surface area contributed by atoms with Gasteiger partial charge in [-0.1, -0.05) is 12.1 Å². The fraction of sp³-hybridized carbons (Fsp3) is 0.462. The van der Waals surface area contributed by atoms with Gasteiger partial charge in [0.2, 0.25) is 0 Å². The van der Waals surface area contributed by atoms with Crippen LogP contribution in [0.15, 0.2) is 18.2 Å². The molecule has 0 radical (unpaired) electrons. The number of hydrogen-bond acceptors (Lipinski definition) is 3. The lowest BCUT2D eigenvalue weighted by Crippen LogP contribution is -2.40. The van der Waals surface area contributed by atoms with Gasteiger partial charge in [-0.3, -0.25) is 0 Å². The lowest BCUT2D eigenvalue weighted by Gasteiger charge is -2.17.